The minimum atomic E-state index is -1.25. The van der Waals surface area contributed by atoms with E-state index >= 15 is 0 Å². The SMILES string of the molecule is Cc1cc(NC(=O)c2ccc(C(C)C)cc2)cc(C(=O)O)c1O. The first-order chi connectivity index (χ1) is 10.8. The molecule has 0 saturated carbocycles. The standard InChI is InChI=1S/C18H19NO4/c1-10(2)12-4-6-13(7-5-12)17(21)19-14-8-11(3)16(20)15(9-14)18(22)23/h4-10,20H,1-3H3,(H,19,21)(H,22,23). The van der Waals surface area contributed by atoms with Gasteiger partial charge in [-0.2, -0.15) is 0 Å². The molecular weight excluding hydrogens is 294 g/mol. The molecule has 120 valence electrons. The maximum Gasteiger partial charge on any atom is 0.339 e. The molecule has 2 rings (SSSR count). The van der Waals surface area contributed by atoms with Gasteiger partial charge in [0.05, 0.1) is 0 Å². The molecule has 0 aliphatic carbocycles. The zero-order valence-electron chi connectivity index (χ0n) is 13.3. The van der Waals surface area contributed by atoms with E-state index in [2.05, 4.69) is 19.2 Å². The molecule has 3 N–H and O–H groups in total. The van der Waals surface area contributed by atoms with Gasteiger partial charge in [-0.1, -0.05) is 26.0 Å². The van der Waals surface area contributed by atoms with E-state index in [1.807, 2.05) is 12.1 Å². The minimum Gasteiger partial charge on any atom is -0.507 e. The number of carboxylic acid groups (broad SMARTS) is 1. The topological polar surface area (TPSA) is 86.6 Å². The molecule has 2 aromatic rings. The molecular formula is C18H19NO4. The van der Waals surface area contributed by atoms with Crippen LogP contribution in [0.5, 0.6) is 5.75 Å². The van der Waals surface area contributed by atoms with Gasteiger partial charge in [-0.25, -0.2) is 4.79 Å². The van der Waals surface area contributed by atoms with E-state index in [0.29, 0.717) is 22.7 Å². The van der Waals surface area contributed by atoms with E-state index in [9.17, 15) is 14.7 Å². The second-order valence-electron chi connectivity index (χ2n) is 5.73. The van der Waals surface area contributed by atoms with Crippen molar-refractivity contribution in [3.63, 3.8) is 0 Å². The lowest BCUT2D eigenvalue weighted by Crippen LogP contribution is -2.13. The van der Waals surface area contributed by atoms with Crippen LogP contribution in [-0.4, -0.2) is 22.1 Å². The van der Waals surface area contributed by atoms with E-state index in [1.165, 1.54) is 12.1 Å². The molecule has 2 aromatic carbocycles. The highest BCUT2D eigenvalue weighted by molar-refractivity contribution is 6.05. The second kappa shape index (κ2) is 6.52. The van der Waals surface area contributed by atoms with Crippen LogP contribution < -0.4 is 5.32 Å². The number of aryl methyl sites for hydroxylation is 1. The molecule has 0 aliphatic rings. The summed E-state index contributed by atoms with van der Waals surface area (Å²) in [6.45, 7) is 5.72. The Hall–Kier alpha value is -2.82. The Morgan fingerprint density at radius 2 is 1.70 bits per heavy atom. The molecule has 23 heavy (non-hydrogen) atoms. The highest BCUT2D eigenvalue weighted by Crippen LogP contribution is 2.27. The van der Waals surface area contributed by atoms with Crippen LogP contribution in [0.15, 0.2) is 36.4 Å². The fourth-order valence-corrected chi connectivity index (χ4v) is 2.24. The molecule has 0 spiro atoms. The molecule has 0 atom stereocenters. The van der Waals surface area contributed by atoms with E-state index in [0.717, 1.165) is 5.56 Å². The summed E-state index contributed by atoms with van der Waals surface area (Å²) in [5, 5.41) is 21.5. The molecule has 1 amide bonds. The Kier molecular flexibility index (Phi) is 4.69. The lowest BCUT2D eigenvalue weighted by Gasteiger charge is -2.10. The molecule has 0 heterocycles. The quantitative estimate of drug-likeness (QED) is 0.750. The zero-order valence-corrected chi connectivity index (χ0v) is 13.3. The Morgan fingerprint density at radius 3 is 2.22 bits per heavy atom. The van der Waals surface area contributed by atoms with Gasteiger partial charge in [0.1, 0.15) is 11.3 Å². The van der Waals surface area contributed by atoms with E-state index < -0.39 is 5.97 Å². The van der Waals surface area contributed by atoms with Crippen molar-refractivity contribution in [2.45, 2.75) is 26.7 Å². The number of hydrogen-bond donors (Lipinski definition) is 3. The number of aromatic carboxylic acids is 1. The lowest BCUT2D eigenvalue weighted by molar-refractivity contribution is 0.0693. The van der Waals surface area contributed by atoms with Crippen LogP contribution in [-0.2, 0) is 0 Å². The number of carbonyl (C=O) groups is 2. The predicted octanol–water partition coefficient (Wildman–Crippen LogP) is 3.77. The molecule has 5 heteroatoms. The maximum atomic E-state index is 12.3. The van der Waals surface area contributed by atoms with Crippen LogP contribution in [0.4, 0.5) is 5.69 Å². The van der Waals surface area contributed by atoms with E-state index in [-0.39, 0.29) is 17.2 Å². The number of benzene rings is 2. The van der Waals surface area contributed by atoms with Crippen molar-refractivity contribution < 1.29 is 19.8 Å². The first kappa shape index (κ1) is 16.5. The van der Waals surface area contributed by atoms with Gasteiger partial charge in [0.25, 0.3) is 5.91 Å². The number of amides is 1. The van der Waals surface area contributed by atoms with Crippen molar-refractivity contribution in [1.29, 1.82) is 0 Å². The Balaban J connectivity index is 2.25. The fourth-order valence-electron chi connectivity index (χ4n) is 2.24. The van der Waals surface area contributed by atoms with Crippen molar-refractivity contribution in [2.24, 2.45) is 0 Å². The first-order valence-corrected chi connectivity index (χ1v) is 7.27. The summed E-state index contributed by atoms with van der Waals surface area (Å²) >= 11 is 0. The number of anilines is 1. The number of carboxylic acids is 1. The van der Waals surface area contributed by atoms with Crippen LogP contribution in [0.1, 0.15) is 51.6 Å². The highest BCUT2D eigenvalue weighted by atomic mass is 16.4. The monoisotopic (exact) mass is 313 g/mol. The molecule has 0 aliphatic heterocycles. The van der Waals surface area contributed by atoms with Crippen molar-refractivity contribution in [2.75, 3.05) is 5.32 Å². The third-order valence-electron chi connectivity index (χ3n) is 3.63. The highest BCUT2D eigenvalue weighted by Gasteiger charge is 2.15. The molecule has 0 fully saturated rings. The minimum absolute atomic E-state index is 0.240. The lowest BCUT2D eigenvalue weighted by atomic mass is 10.0. The molecule has 0 saturated heterocycles. The summed E-state index contributed by atoms with van der Waals surface area (Å²) in [4.78, 5) is 23.4. The summed E-state index contributed by atoms with van der Waals surface area (Å²) < 4.78 is 0. The largest absolute Gasteiger partial charge is 0.507 e. The molecule has 0 bridgehead atoms. The number of nitrogens with one attached hydrogen (secondary N) is 1. The van der Waals surface area contributed by atoms with Crippen LogP contribution in [0, 0.1) is 6.92 Å². The van der Waals surface area contributed by atoms with Crippen molar-refractivity contribution in [1.82, 2.24) is 0 Å². The van der Waals surface area contributed by atoms with Gasteiger partial charge in [0.2, 0.25) is 0 Å². The maximum absolute atomic E-state index is 12.3. The van der Waals surface area contributed by atoms with Crippen LogP contribution in [0.25, 0.3) is 0 Å². The molecule has 0 unspecified atom stereocenters. The van der Waals surface area contributed by atoms with Gasteiger partial charge < -0.3 is 15.5 Å². The summed E-state index contributed by atoms with van der Waals surface area (Å²) in [5.74, 6) is -1.49. The number of aromatic hydroxyl groups is 1. The Bertz CT molecular complexity index is 748. The van der Waals surface area contributed by atoms with Gasteiger partial charge in [-0.3, -0.25) is 4.79 Å². The number of carbonyl (C=O) groups excluding carboxylic acids is 1. The zero-order chi connectivity index (χ0) is 17.1. The van der Waals surface area contributed by atoms with Crippen LogP contribution in [0.3, 0.4) is 0 Å². The van der Waals surface area contributed by atoms with Crippen molar-refractivity contribution in [3.8, 4) is 5.75 Å². The van der Waals surface area contributed by atoms with Crippen LogP contribution >= 0.6 is 0 Å². The van der Waals surface area contributed by atoms with Crippen LogP contribution in [0.2, 0.25) is 0 Å². The van der Waals surface area contributed by atoms with Gasteiger partial charge in [0, 0.05) is 11.3 Å². The number of hydrogen-bond acceptors (Lipinski definition) is 3. The summed E-state index contributed by atoms with van der Waals surface area (Å²) in [7, 11) is 0. The molecule has 0 radical (unpaired) electrons. The Labute approximate surface area is 134 Å². The third-order valence-corrected chi connectivity index (χ3v) is 3.63. The smallest absolute Gasteiger partial charge is 0.339 e. The number of phenols is 1. The van der Waals surface area contributed by atoms with Gasteiger partial charge >= 0.3 is 5.97 Å². The summed E-state index contributed by atoms with van der Waals surface area (Å²) in [6.07, 6.45) is 0. The normalized spacial score (nSPS) is 10.6. The Morgan fingerprint density at radius 1 is 1.09 bits per heavy atom. The molecule has 0 aromatic heterocycles. The van der Waals surface area contributed by atoms with Gasteiger partial charge in [-0.15, -0.1) is 0 Å². The average molecular weight is 313 g/mol. The number of rotatable bonds is 4. The predicted molar refractivity (Wildman–Crippen MR) is 88.3 cm³/mol. The second-order valence-corrected chi connectivity index (χ2v) is 5.73. The first-order valence-electron chi connectivity index (χ1n) is 7.27. The van der Waals surface area contributed by atoms with Gasteiger partial charge in [0.15, 0.2) is 0 Å². The fraction of sp³-hybridized carbons (Fsp3) is 0.222. The molecule has 5 nitrogen and oxygen atoms in total. The van der Waals surface area contributed by atoms with E-state index in [1.54, 1.807) is 19.1 Å². The van der Waals surface area contributed by atoms with Crippen molar-refractivity contribution >= 4 is 17.6 Å². The summed E-state index contributed by atoms with van der Waals surface area (Å²) in [6, 6.07) is 10.0. The third kappa shape index (κ3) is 3.69. The van der Waals surface area contributed by atoms with Gasteiger partial charge in [-0.05, 0) is 48.2 Å². The van der Waals surface area contributed by atoms with Crippen molar-refractivity contribution in [3.05, 3.63) is 58.7 Å². The summed E-state index contributed by atoms with van der Waals surface area (Å²) in [5.41, 5.74) is 2.09. The average Bonchev–Trinajstić information content (AvgIpc) is 2.50. The van der Waals surface area contributed by atoms with E-state index in [4.69, 9.17) is 5.11 Å².